The van der Waals surface area contributed by atoms with Crippen LogP contribution >= 0.6 is 0 Å². The number of hydrogen-bond acceptors (Lipinski definition) is 2. The fraction of sp³-hybridized carbons (Fsp3) is 0.900. The quantitative estimate of drug-likeness (QED) is 0.645. The molecule has 1 aliphatic heterocycles. The number of hydrogen-bond donors (Lipinski definition) is 1. The fourth-order valence-corrected chi connectivity index (χ4v) is 1.96. The Morgan fingerprint density at radius 1 is 1.54 bits per heavy atom. The molecule has 0 aromatic rings. The molecular weight excluding hydrogens is 166 g/mol. The van der Waals surface area contributed by atoms with Gasteiger partial charge in [0.15, 0.2) is 0 Å². The number of ketones is 1. The van der Waals surface area contributed by atoms with Crippen LogP contribution in [0.25, 0.3) is 0 Å². The maximum absolute atomic E-state index is 11.4. The summed E-state index contributed by atoms with van der Waals surface area (Å²) in [5.74, 6) is 0.647. The van der Waals surface area contributed by atoms with E-state index in [9.17, 15) is 4.79 Å². The van der Waals surface area contributed by atoms with E-state index in [0.29, 0.717) is 11.8 Å². The van der Waals surface area contributed by atoms with Crippen molar-refractivity contribution >= 4 is 5.78 Å². The van der Waals surface area contributed by atoms with E-state index in [-0.39, 0.29) is 5.92 Å². The molecule has 0 bridgehead atoms. The van der Waals surface area contributed by atoms with Crippen LogP contribution < -0.4 is 4.90 Å². The Balaban J connectivity index is 2.44. The van der Waals surface area contributed by atoms with Crippen LogP contribution in [0, 0.1) is 5.92 Å². The van der Waals surface area contributed by atoms with E-state index < -0.39 is 0 Å². The predicted molar refractivity (Wildman–Crippen MR) is 50.8 cm³/mol. The SMILES string of the molecule is COCC[NH+]1CCC(=O)[C@@H](C)[C@@H]1C. The first-order valence-electron chi connectivity index (χ1n) is 5.03. The zero-order chi connectivity index (χ0) is 9.84. The van der Waals surface area contributed by atoms with Gasteiger partial charge in [0.05, 0.1) is 31.5 Å². The summed E-state index contributed by atoms with van der Waals surface area (Å²) in [5, 5.41) is 0. The number of likely N-dealkylation sites (tertiary alicyclic amines) is 1. The number of rotatable bonds is 3. The number of ether oxygens (including phenoxy) is 1. The molecule has 1 rings (SSSR count). The van der Waals surface area contributed by atoms with Gasteiger partial charge in [-0.3, -0.25) is 4.79 Å². The Kier molecular flexibility index (Phi) is 3.88. The van der Waals surface area contributed by atoms with Gasteiger partial charge in [-0.05, 0) is 13.8 Å². The Morgan fingerprint density at radius 3 is 2.85 bits per heavy atom. The normalized spacial score (nSPS) is 35.0. The van der Waals surface area contributed by atoms with Gasteiger partial charge in [0.1, 0.15) is 12.3 Å². The van der Waals surface area contributed by atoms with E-state index >= 15 is 0 Å². The molecule has 1 fully saturated rings. The lowest BCUT2D eigenvalue weighted by Crippen LogP contribution is -3.17. The number of quaternary nitrogens is 1. The van der Waals surface area contributed by atoms with Crippen LogP contribution in [0.15, 0.2) is 0 Å². The molecule has 0 aromatic heterocycles. The molecule has 76 valence electrons. The third kappa shape index (κ3) is 2.51. The second kappa shape index (κ2) is 4.72. The van der Waals surface area contributed by atoms with Crippen molar-refractivity contribution in [1.82, 2.24) is 0 Å². The first-order valence-corrected chi connectivity index (χ1v) is 5.03. The van der Waals surface area contributed by atoms with Gasteiger partial charge in [-0.25, -0.2) is 0 Å². The lowest BCUT2D eigenvalue weighted by molar-refractivity contribution is -0.928. The van der Waals surface area contributed by atoms with Gasteiger partial charge in [-0.1, -0.05) is 0 Å². The van der Waals surface area contributed by atoms with Crippen molar-refractivity contribution in [3.8, 4) is 0 Å². The van der Waals surface area contributed by atoms with Crippen LogP contribution in [0.5, 0.6) is 0 Å². The van der Waals surface area contributed by atoms with E-state index in [1.807, 2.05) is 6.92 Å². The number of Topliss-reactive ketones (excluding diaryl/α,β-unsaturated/α-hetero) is 1. The van der Waals surface area contributed by atoms with Crippen molar-refractivity contribution in [3.63, 3.8) is 0 Å². The molecule has 0 amide bonds. The number of piperidine rings is 1. The lowest BCUT2D eigenvalue weighted by Gasteiger charge is -2.33. The number of carbonyl (C=O) groups is 1. The van der Waals surface area contributed by atoms with Crippen LogP contribution in [0.1, 0.15) is 20.3 Å². The molecule has 0 spiro atoms. The monoisotopic (exact) mass is 186 g/mol. The van der Waals surface area contributed by atoms with E-state index in [1.165, 1.54) is 4.90 Å². The molecule has 1 aliphatic rings. The average molecular weight is 186 g/mol. The Morgan fingerprint density at radius 2 is 2.23 bits per heavy atom. The highest BCUT2D eigenvalue weighted by Crippen LogP contribution is 2.07. The minimum absolute atomic E-state index is 0.223. The summed E-state index contributed by atoms with van der Waals surface area (Å²) in [7, 11) is 1.72. The van der Waals surface area contributed by atoms with Gasteiger partial charge < -0.3 is 9.64 Å². The van der Waals surface area contributed by atoms with E-state index in [0.717, 1.165) is 26.1 Å². The molecule has 1 unspecified atom stereocenters. The Labute approximate surface area is 80.1 Å². The molecule has 1 N–H and O–H groups in total. The van der Waals surface area contributed by atoms with Gasteiger partial charge in [0, 0.05) is 7.11 Å². The Bertz CT molecular complexity index is 182. The summed E-state index contributed by atoms with van der Waals surface area (Å²) in [6.07, 6.45) is 0.741. The van der Waals surface area contributed by atoms with Gasteiger partial charge in [-0.15, -0.1) is 0 Å². The smallest absolute Gasteiger partial charge is 0.147 e. The molecule has 3 heteroatoms. The van der Waals surface area contributed by atoms with Crippen LogP contribution in [0.3, 0.4) is 0 Å². The zero-order valence-corrected chi connectivity index (χ0v) is 8.80. The average Bonchev–Trinajstić information content (AvgIpc) is 2.13. The molecule has 3 atom stereocenters. The minimum Gasteiger partial charge on any atom is -0.379 e. The maximum Gasteiger partial charge on any atom is 0.147 e. The van der Waals surface area contributed by atoms with Crippen LogP contribution in [0.2, 0.25) is 0 Å². The largest absolute Gasteiger partial charge is 0.379 e. The van der Waals surface area contributed by atoms with Crippen molar-refractivity contribution in [2.75, 3.05) is 26.8 Å². The van der Waals surface area contributed by atoms with Crippen LogP contribution in [-0.4, -0.2) is 38.6 Å². The highest BCUT2D eigenvalue weighted by molar-refractivity contribution is 5.81. The van der Waals surface area contributed by atoms with E-state index in [1.54, 1.807) is 7.11 Å². The third-order valence-electron chi connectivity index (χ3n) is 3.22. The van der Waals surface area contributed by atoms with Crippen LogP contribution in [0.4, 0.5) is 0 Å². The van der Waals surface area contributed by atoms with Crippen molar-refractivity contribution in [3.05, 3.63) is 0 Å². The minimum atomic E-state index is 0.223. The van der Waals surface area contributed by atoms with Gasteiger partial charge >= 0.3 is 0 Å². The summed E-state index contributed by atoms with van der Waals surface area (Å²) < 4.78 is 5.05. The standard InChI is InChI=1S/C10H19NO2/c1-8-9(2)11(6-7-13-3)5-4-10(8)12/h8-9H,4-7H2,1-3H3/p+1/t8-,9-/m0/s1. The molecule has 0 saturated carbocycles. The number of carbonyl (C=O) groups excluding carboxylic acids is 1. The van der Waals surface area contributed by atoms with E-state index in [2.05, 4.69) is 6.92 Å². The second-order valence-corrected chi connectivity index (χ2v) is 3.94. The Hall–Kier alpha value is -0.410. The van der Waals surface area contributed by atoms with Crippen molar-refractivity contribution in [1.29, 1.82) is 0 Å². The van der Waals surface area contributed by atoms with Crippen molar-refractivity contribution in [2.24, 2.45) is 5.92 Å². The molecule has 3 nitrogen and oxygen atoms in total. The van der Waals surface area contributed by atoms with Crippen LogP contribution in [-0.2, 0) is 9.53 Å². The number of methoxy groups -OCH3 is 1. The molecular formula is C10H20NO2+. The van der Waals surface area contributed by atoms with Gasteiger partial charge in [-0.2, -0.15) is 0 Å². The molecule has 0 radical (unpaired) electrons. The van der Waals surface area contributed by atoms with E-state index in [4.69, 9.17) is 4.74 Å². The summed E-state index contributed by atoms with van der Waals surface area (Å²) in [6, 6.07) is 0.455. The third-order valence-corrected chi connectivity index (χ3v) is 3.22. The summed E-state index contributed by atoms with van der Waals surface area (Å²) in [5.41, 5.74) is 0. The number of nitrogens with one attached hydrogen (secondary N) is 1. The first kappa shape index (κ1) is 10.7. The summed E-state index contributed by atoms with van der Waals surface area (Å²) in [6.45, 7) is 7.00. The van der Waals surface area contributed by atoms with Gasteiger partial charge in [0.2, 0.25) is 0 Å². The topological polar surface area (TPSA) is 30.7 Å². The second-order valence-electron chi connectivity index (χ2n) is 3.94. The molecule has 13 heavy (non-hydrogen) atoms. The maximum atomic E-state index is 11.4. The lowest BCUT2D eigenvalue weighted by atomic mass is 9.91. The molecule has 1 heterocycles. The molecule has 0 aromatic carbocycles. The van der Waals surface area contributed by atoms with Crippen molar-refractivity contribution < 1.29 is 14.4 Å². The molecule has 1 saturated heterocycles. The zero-order valence-electron chi connectivity index (χ0n) is 8.80. The van der Waals surface area contributed by atoms with Crippen molar-refractivity contribution in [2.45, 2.75) is 26.3 Å². The fourth-order valence-electron chi connectivity index (χ4n) is 1.96. The summed E-state index contributed by atoms with van der Waals surface area (Å²) >= 11 is 0. The highest BCUT2D eigenvalue weighted by atomic mass is 16.5. The first-order chi connectivity index (χ1) is 6.16. The van der Waals surface area contributed by atoms with Gasteiger partial charge in [0.25, 0.3) is 0 Å². The molecule has 0 aliphatic carbocycles. The highest BCUT2D eigenvalue weighted by Gasteiger charge is 2.33. The summed E-state index contributed by atoms with van der Waals surface area (Å²) in [4.78, 5) is 12.9. The predicted octanol–water partition coefficient (Wildman–Crippen LogP) is -0.485.